The number of carbonyl (C=O) groups excluding carboxylic acids is 2. The van der Waals surface area contributed by atoms with Gasteiger partial charge in [-0.05, 0) is 48.9 Å². The highest BCUT2D eigenvalue weighted by molar-refractivity contribution is 7.12. The predicted octanol–water partition coefficient (Wildman–Crippen LogP) is 4.03. The van der Waals surface area contributed by atoms with Gasteiger partial charge in [0.1, 0.15) is 0 Å². The van der Waals surface area contributed by atoms with Crippen molar-refractivity contribution in [2.75, 3.05) is 30.4 Å². The summed E-state index contributed by atoms with van der Waals surface area (Å²) in [6.07, 6.45) is 3.15. The summed E-state index contributed by atoms with van der Waals surface area (Å²) < 4.78 is 5.44. The van der Waals surface area contributed by atoms with E-state index in [1.165, 1.54) is 11.3 Å². The van der Waals surface area contributed by atoms with Crippen LogP contribution >= 0.6 is 11.3 Å². The number of benzene rings is 1. The Balaban J connectivity index is 1.39. The van der Waals surface area contributed by atoms with Gasteiger partial charge in [-0.3, -0.25) is 4.79 Å². The van der Waals surface area contributed by atoms with E-state index >= 15 is 0 Å². The predicted molar refractivity (Wildman–Crippen MR) is 106 cm³/mol. The Labute approximate surface area is 162 Å². The van der Waals surface area contributed by atoms with E-state index in [-0.39, 0.29) is 11.9 Å². The van der Waals surface area contributed by atoms with E-state index in [4.69, 9.17) is 4.74 Å². The van der Waals surface area contributed by atoms with Crippen LogP contribution in [0.5, 0.6) is 0 Å². The lowest BCUT2D eigenvalue weighted by Crippen LogP contribution is -2.40. The molecular formula is C20H23N3O3S. The van der Waals surface area contributed by atoms with Gasteiger partial charge >= 0.3 is 6.03 Å². The van der Waals surface area contributed by atoms with E-state index in [0.717, 1.165) is 39.0 Å². The summed E-state index contributed by atoms with van der Waals surface area (Å²) in [4.78, 5) is 27.6. The van der Waals surface area contributed by atoms with Crippen molar-refractivity contribution in [1.29, 1.82) is 0 Å². The zero-order valence-electron chi connectivity index (χ0n) is 15.0. The van der Waals surface area contributed by atoms with E-state index in [2.05, 4.69) is 10.6 Å². The number of hydrogen-bond donors (Lipinski definition) is 2. The maximum atomic E-state index is 12.8. The number of hydrogen-bond acceptors (Lipinski definition) is 4. The van der Waals surface area contributed by atoms with Gasteiger partial charge in [0.15, 0.2) is 0 Å². The maximum Gasteiger partial charge on any atom is 0.322 e. The number of thiophene rings is 1. The normalized spacial score (nSPS) is 18.9. The molecule has 2 aliphatic rings. The largest absolute Gasteiger partial charge is 0.381 e. The molecule has 6 nitrogen and oxygen atoms in total. The van der Waals surface area contributed by atoms with Crippen molar-refractivity contribution < 1.29 is 14.3 Å². The maximum absolute atomic E-state index is 12.8. The number of anilines is 2. The number of carbonyl (C=O) groups is 2. The molecule has 0 spiro atoms. The Kier molecular flexibility index (Phi) is 5.40. The zero-order chi connectivity index (χ0) is 18.6. The van der Waals surface area contributed by atoms with E-state index < -0.39 is 0 Å². The lowest BCUT2D eigenvalue weighted by atomic mass is 10.1. The molecule has 0 unspecified atom stereocenters. The molecule has 0 radical (unpaired) electrons. The summed E-state index contributed by atoms with van der Waals surface area (Å²) in [6, 6.07) is 11.2. The monoisotopic (exact) mass is 385 g/mol. The van der Waals surface area contributed by atoms with Crippen molar-refractivity contribution in [3.63, 3.8) is 0 Å². The molecular weight excluding hydrogens is 362 g/mol. The summed E-state index contributed by atoms with van der Waals surface area (Å²) in [5, 5.41) is 7.72. The molecule has 2 heterocycles. The van der Waals surface area contributed by atoms with Gasteiger partial charge in [0.25, 0.3) is 5.91 Å². The van der Waals surface area contributed by atoms with Crippen molar-refractivity contribution in [1.82, 2.24) is 4.90 Å². The van der Waals surface area contributed by atoms with Crippen LogP contribution in [0.4, 0.5) is 16.2 Å². The van der Waals surface area contributed by atoms with Crippen LogP contribution in [0.1, 0.15) is 28.9 Å². The standard InChI is InChI=1S/C20H23N3O3S/c24-19(18-5-2-10-27-18)21-15-3-1-4-16(11-15)22-20(25)23(17-6-7-17)12-14-8-9-26-13-14/h1-5,10-11,14,17H,6-9,12-13H2,(H,21,24)(H,22,25)/t14-/m1/s1. The van der Waals surface area contributed by atoms with Gasteiger partial charge in [0.2, 0.25) is 0 Å². The molecule has 7 heteroatoms. The van der Waals surface area contributed by atoms with Crippen LogP contribution in [0, 0.1) is 5.92 Å². The van der Waals surface area contributed by atoms with E-state index in [1.54, 1.807) is 12.1 Å². The lowest BCUT2D eigenvalue weighted by Gasteiger charge is -2.25. The Morgan fingerprint density at radius 3 is 2.59 bits per heavy atom. The molecule has 3 amide bonds. The highest BCUT2D eigenvalue weighted by Gasteiger charge is 2.34. The second-order valence-electron chi connectivity index (χ2n) is 7.06. The van der Waals surface area contributed by atoms with Crippen LogP contribution in [0.3, 0.4) is 0 Å². The summed E-state index contributed by atoms with van der Waals surface area (Å²) >= 11 is 1.40. The highest BCUT2D eigenvalue weighted by Crippen LogP contribution is 2.30. The van der Waals surface area contributed by atoms with Crippen LogP contribution < -0.4 is 10.6 Å². The molecule has 1 atom stereocenters. The first-order chi connectivity index (χ1) is 13.2. The van der Waals surface area contributed by atoms with Crippen molar-refractivity contribution >= 4 is 34.6 Å². The van der Waals surface area contributed by atoms with E-state index in [9.17, 15) is 9.59 Å². The number of amides is 3. The van der Waals surface area contributed by atoms with Crippen LogP contribution in [-0.4, -0.2) is 42.6 Å². The third kappa shape index (κ3) is 4.67. The number of rotatable bonds is 6. The zero-order valence-corrected chi connectivity index (χ0v) is 15.8. The molecule has 0 bridgehead atoms. The minimum absolute atomic E-state index is 0.0777. The molecule has 1 aromatic heterocycles. The van der Waals surface area contributed by atoms with Gasteiger partial charge in [0.05, 0.1) is 11.5 Å². The van der Waals surface area contributed by atoms with E-state index in [0.29, 0.717) is 28.2 Å². The molecule has 4 rings (SSSR count). The molecule has 1 saturated carbocycles. The van der Waals surface area contributed by atoms with Crippen molar-refractivity contribution in [3.05, 3.63) is 46.7 Å². The minimum Gasteiger partial charge on any atom is -0.381 e. The average molecular weight is 385 g/mol. The van der Waals surface area contributed by atoms with Crippen LogP contribution in [0.2, 0.25) is 0 Å². The molecule has 1 saturated heterocycles. The van der Waals surface area contributed by atoms with Crippen LogP contribution in [-0.2, 0) is 4.74 Å². The van der Waals surface area contributed by atoms with Crippen molar-refractivity contribution in [2.45, 2.75) is 25.3 Å². The third-order valence-corrected chi connectivity index (χ3v) is 5.71. The molecule has 2 aromatic rings. The van der Waals surface area contributed by atoms with Crippen molar-refractivity contribution in [3.8, 4) is 0 Å². The molecule has 1 aliphatic carbocycles. The van der Waals surface area contributed by atoms with Crippen molar-refractivity contribution in [2.24, 2.45) is 5.92 Å². The molecule has 1 aliphatic heterocycles. The van der Waals surface area contributed by atoms with Crippen LogP contribution in [0.15, 0.2) is 41.8 Å². The minimum atomic E-state index is -0.144. The molecule has 1 aromatic carbocycles. The SMILES string of the molecule is O=C(Nc1cccc(NC(=O)N(C[C@H]2CCOC2)C2CC2)c1)c1cccs1. The Morgan fingerprint density at radius 2 is 1.93 bits per heavy atom. The molecule has 2 fully saturated rings. The number of nitrogens with one attached hydrogen (secondary N) is 2. The summed E-state index contributed by atoms with van der Waals surface area (Å²) in [5.41, 5.74) is 1.34. The summed E-state index contributed by atoms with van der Waals surface area (Å²) in [6.45, 7) is 2.27. The average Bonchev–Trinajstić information content (AvgIpc) is 3.12. The van der Waals surface area contributed by atoms with Gasteiger partial charge in [-0.2, -0.15) is 0 Å². The second-order valence-corrected chi connectivity index (χ2v) is 8.00. The lowest BCUT2D eigenvalue weighted by molar-refractivity contribution is 0.103. The van der Waals surface area contributed by atoms with Gasteiger partial charge in [0, 0.05) is 36.5 Å². The van der Waals surface area contributed by atoms with Gasteiger partial charge < -0.3 is 20.3 Å². The molecule has 142 valence electrons. The first-order valence-electron chi connectivity index (χ1n) is 9.29. The molecule has 2 N–H and O–H groups in total. The quantitative estimate of drug-likeness (QED) is 0.789. The first-order valence-corrected chi connectivity index (χ1v) is 10.2. The van der Waals surface area contributed by atoms with E-state index in [1.807, 2.05) is 34.5 Å². The fourth-order valence-corrected chi connectivity index (χ4v) is 3.88. The third-order valence-electron chi connectivity index (χ3n) is 4.84. The van der Waals surface area contributed by atoms with Gasteiger partial charge in [-0.1, -0.05) is 12.1 Å². The summed E-state index contributed by atoms with van der Waals surface area (Å²) in [5.74, 6) is 0.280. The first kappa shape index (κ1) is 18.0. The summed E-state index contributed by atoms with van der Waals surface area (Å²) in [7, 11) is 0. The Hall–Kier alpha value is -2.38. The van der Waals surface area contributed by atoms with Gasteiger partial charge in [-0.15, -0.1) is 11.3 Å². The second kappa shape index (κ2) is 8.10. The number of nitrogens with zero attached hydrogens (tertiary/aromatic N) is 1. The number of ether oxygens (including phenoxy) is 1. The fraction of sp³-hybridized carbons (Fsp3) is 0.400. The Morgan fingerprint density at radius 1 is 1.11 bits per heavy atom. The van der Waals surface area contributed by atoms with Crippen LogP contribution in [0.25, 0.3) is 0 Å². The highest BCUT2D eigenvalue weighted by atomic mass is 32.1. The fourth-order valence-electron chi connectivity index (χ4n) is 3.26. The number of urea groups is 1. The van der Waals surface area contributed by atoms with Gasteiger partial charge in [-0.25, -0.2) is 4.79 Å². The Bertz CT molecular complexity index is 799. The smallest absolute Gasteiger partial charge is 0.322 e. The topological polar surface area (TPSA) is 70.7 Å². The molecule has 27 heavy (non-hydrogen) atoms.